The first-order chi connectivity index (χ1) is 12.2. The lowest BCUT2D eigenvalue weighted by Gasteiger charge is -2.16. The second kappa shape index (κ2) is 9.36. The molecule has 26 heavy (non-hydrogen) atoms. The molecule has 5 nitrogen and oxygen atoms in total. The van der Waals surface area contributed by atoms with E-state index in [2.05, 4.69) is 5.32 Å². The molecule has 0 heterocycles. The number of amides is 1. The Morgan fingerprint density at radius 2 is 1.65 bits per heavy atom. The van der Waals surface area contributed by atoms with Gasteiger partial charge in [0, 0.05) is 23.7 Å². The van der Waals surface area contributed by atoms with Crippen LogP contribution < -0.4 is 15.8 Å². The van der Waals surface area contributed by atoms with Crippen molar-refractivity contribution >= 4 is 24.1 Å². The molecule has 1 aliphatic carbocycles. The molecule has 1 aliphatic rings. The monoisotopic (exact) mass is 374 g/mol. The molecular formula is C20H23ClN2O3. The Bertz CT molecular complexity index is 730. The summed E-state index contributed by atoms with van der Waals surface area (Å²) in [5.41, 5.74) is 6.90. The quantitative estimate of drug-likeness (QED) is 0.696. The lowest BCUT2D eigenvalue weighted by atomic mass is 10.0. The van der Waals surface area contributed by atoms with Crippen LogP contribution in [-0.2, 0) is 4.79 Å². The molecule has 2 aromatic rings. The van der Waals surface area contributed by atoms with E-state index >= 15 is 0 Å². The molecule has 2 aromatic carbocycles. The van der Waals surface area contributed by atoms with Gasteiger partial charge in [-0.2, -0.15) is 0 Å². The summed E-state index contributed by atoms with van der Waals surface area (Å²) in [6.07, 6.45) is 2.25. The van der Waals surface area contributed by atoms with Gasteiger partial charge in [0.25, 0.3) is 5.91 Å². The first-order valence-electron chi connectivity index (χ1n) is 8.49. The molecule has 6 heteroatoms. The fraction of sp³-hybridized carbons (Fsp3) is 0.300. The Labute approximate surface area is 159 Å². The number of hydrogen-bond acceptors (Lipinski definition) is 4. The molecular weight excluding hydrogens is 352 g/mol. The minimum absolute atomic E-state index is 0. The molecule has 0 aromatic heterocycles. The summed E-state index contributed by atoms with van der Waals surface area (Å²) in [4.78, 5) is 24.3. The van der Waals surface area contributed by atoms with E-state index in [1.807, 2.05) is 18.2 Å². The highest BCUT2D eigenvalue weighted by molar-refractivity contribution is 6.08. The predicted octanol–water partition coefficient (Wildman–Crippen LogP) is 2.57. The van der Waals surface area contributed by atoms with Crippen LogP contribution in [0.15, 0.2) is 54.6 Å². The molecule has 1 atom stereocenters. The van der Waals surface area contributed by atoms with E-state index in [0.29, 0.717) is 29.3 Å². The zero-order chi connectivity index (χ0) is 17.6. The number of hydrogen-bond donors (Lipinski definition) is 2. The van der Waals surface area contributed by atoms with Gasteiger partial charge in [0.15, 0.2) is 12.4 Å². The van der Waals surface area contributed by atoms with E-state index in [9.17, 15) is 9.59 Å². The van der Waals surface area contributed by atoms with Crippen molar-refractivity contribution in [2.24, 2.45) is 11.7 Å². The van der Waals surface area contributed by atoms with Gasteiger partial charge in [0.2, 0.25) is 0 Å². The van der Waals surface area contributed by atoms with Gasteiger partial charge in [0.05, 0.1) is 0 Å². The van der Waals surface area contributed by atoms with Crippen LogP contribution in [0.5, 0.6) is 5.75 Å². The van der Waals surface area contributed by atoms with Crippen LogP contribution in [0.4, 0.5) is 0 Å². The van der Waals surface area contributed by atoms with E-state index < -0.39 is 0 Å². The van der Waals surface area contributed by atoms with Crippen molar-refractivity contribution in [1.82, 2.24) is 5.32 Å². The topological polar surface area (TPSA) is 81.4 Å². The Morgan fingerprint density at radius 3 is 2.23 bits per heavy atom. The molecule has 1 unspecified atom stereocenters. The van der Waals surface area contributed by atoms with Gasteiger partial charge in [-0.3, -0.25) is 9.59 Å². The Morgan fingerprint density at radius 1 is 1.04 bits per heavy atom. The molecule has 1 saturated carbocycles. The minimum Gasteiger partial charge on any atom is -0.484 e. The van der Waals surface area contributed by atoms with Crippen LogP contribution in [0.1, 0.15) is 28.8 Å². The van der Waals surface area contributed by atoms with Crippen molar-refractivity contribution in [3.63, 3.8) is 0 Å². The number of benzene rings is 2. The minimum atomic E-state index is -0.174. The average Bonchev–Trinajstić information content (AvgIpc) is 3.50. The molecule has 0 aliphatic heterocycles. The van der Waals surface area contributed by atoms with Crippen LogP contribution in [0.3, 0.4) is 0 Å². The largest absolute Gasteiger partial charge is 0.484 e. The molecule has 0 bridgehead atoms. The van der Waals surface area contributed by atoms with Crippen LogP contribution in [-0.4, -0.2) is 30.9 Å². The van der Waals surface area contributed by atoms with Crippen LogP contribution in [0.25, 0.3) is 0 Å². The summed E-state index contributed by atoms with van der Waals surface area (Å²) < 4.78 is 5.49. The van der Waals surface area contributed by atoms with Gasteiger partial charge in [-0.25, -0.2) is 0 Å². The molecule has 3 N–H and O–H groups in total. The number of halogens is 1. The van der Waals surface area contributed by atoms with Crippen LogP contribution in [0, 0.1) is 5.92 Å². The normalized spacial score (nSPS) is 14.0. The maximum atomic E-state index is 12.3. The van der Waals surface area contributed by atoms with Gasteiger partial charge in [-0.1, -0.05) is 30.3 Å². The Kier molecular flexibility index (Phi) is 7.18. The number of rotatable bonds is 8. The second-order valence-corrected chi connectivity index (χ2v) is 6.26. The molecule has 138 valence electrons. The number of nitrogens with one attached hydrogen (secondary N) is 1. The fourth-order valence-electron chi connectivity index (χ4n) is 2.72. The lowest BCUT2D eigenvalue weighted by Crippen LogP contribution is -2.43. The third-order valence-corrected chi connectivity index (χ3v) is 4.31. The van der Waals surface area contributed by atoms with Crippen LogP contribution >= 0.6 is 12.4 Å². The number of carbonyl (C=O) groups excluding carboxylic acids is 2. The number of ether oxygens (including phenoxy) is 1. The average molecular weight is 375 g/mol. The molecule has 0 spiro atoms. The van der Waals surface area contributed by atoms with Crippen molar-refractivity contribution < 1.29 is 14.3 Å². The molecule has 0 saturated heterocycles. The number of nitrogens with two attached hydrogens (primary N) is 1. The third-order valence-electron chi connectivity index (χ3n) is 4.31. The lowest BCUT2D eigenvalue weighted by molar-refractivity contribution is -0.123. The summed E-state index contributed by atoms with van der Waals surface area (Å²) in [5, 5.41) is 2.91. The van der Waals surface area contributed by atoms with E-state index in [-0.39, 0.29) is 36.7 Å². The van der Waals surface area contributed by atoms with Gasteiger partial charge in [0.1, 0.15) is 5.75 Å². The zero-order valence-corrected chi connectivity index (χ0v) is 15.2. The Balaban J connectivity index is 0.00000243. The summed E-state index contributed by atoms with van der Waals surface area (Å²) in [6.45, 7) is 0.391. The molecule has 1 fully saturated rings. The smallest absolute Gasteiger partial charge is 0.258 e. The first-order valence-corrected chi connectivity index (χ1v) is 8.49. The van der Waals surface area contributed by atoms with Gasteiger partial charge in [-0.05, 0) is 43.0 Å². The summed E-state index contributed by atoms with van der Waals surface area (Å²) in [5.74, 6) is 0.847. The predicted molar refractivity (Wildman–Crippen MR) is 103 cm³/mol. The Hall–Kier alpha value is -2.37. The van der Waals surface area contributed by atoms with E-state index in [1.165, 1.54) is 0 Å². The third kappa shape index (κ3) is 5.31. The van der Waals surface area contributed by atoms with Crippen molar-refractivity contribution in [3.8, 4) is 5.75 Å². The molecule has 0 radical (unpaired) electrons. The van der Waals surface area contributed by atoms with E-state index in [1.54, 1.807) is 36.4 Å². The van der Waals surface area contributed by atoms with Crippen LogP contribution in [0.2, 0.25) is 0 Å². The summed E-state index contributed by atoms with van der Waals surface area (Å²) >= 11 is 0. The fourth-order valence-corrected chi connectivity index (χ4v) is 2.72. The zero-order valence-electron chi connectivity index (χ0n) is 14.4. The van der Waals surface area contributed by atoms with Crippen molar-refractivity contribution in [3.05, 3.63) is 65.7 Å². The maximum Gasteiger partial charge on any atom is 0.258 e. The van der Waals surface area contributed by atoms with Crippen molar-refractivity contribution in [2.45, 2.75) is 18.9 Å². The van der Waals surface area contributed by atoms with E-state index in [4.69, 9.17) is 10.5 Å². The number of ketones is 1. The highest BCUT2D eigenvalue weighted by Gasteiger charge is 2.31. The highest BCUT2D eigenvalue weighted by Crippen LogP contribution is 2.32. The molecule has 3 rings (SSSR count). The van der Waals surface area contributed by atoms with Crippen molar-refractivity contribution in [1.29, 1.82) is 0 Å². The SMILES string of the molecule is Cl.NCC(NC(=O)COc1ccc(C(=O)c2ccccc2)cc1)C1CC1. The maximum absolute atomic E-state index is 12.3. The first kappa shape index (κ1) is 19.9. The van der Waals surface area contributed by atoms with Gasteiger partial charge in [-0.15, -0.1) is 12.4 Å². The molecule has 1 amide bonds. The summed E-state index contributed by atoms with van der Waals surface area (Å²) in [7, 11) is 0. The van der Waals surface area contributed by atoms with E-state index in [0.717, 1.165) is 12.8 Å². The highest BCUT2D eigenvalue weighted by atomic mass is 35.5. The van der Waals surface area contributed by atoms with Crippen molar-refractivity contribution in [2.75, 3.05) is 13.2 Å². The summed E-state index contributed by atoms with van der Waals surface area (Å²) in [6, 6.07) is 16.0. The number of carbonyl (C=O) groups is 2. The van der Waals surface area contributed by atoms with Gasteiger partial charge >= 0.3 is 0 Å². The second-order valence-electron chi connectivity index (χ2n) is 6.26. The van der Waals surface area contributed by atoms with Gasteiger partial charge < -0.3 is 15.8 Å². The standard InChI is InChI=1S/C20H22N2O3.ClH/c21-12-18(14-6-7-14)22-19(23)13-25-17-10-8-16(9-11-17)20(24)15-4-2-1-3-5-15;/h1-5,8-11,14,18H,6-7,12-13,21H2,(H,22,23);1H.